The summed E-state index contributed by atoms with van der Waals surface area (Å²) in [6, 6.07) is 1.83. The molecule has 1 fully saturated rings. The highest BCUT2D eigenvalue weighted by Gasteiger charge is 2.32. The fraction of sp³-hybridized carbons (Fsp3) is 0.571. The van der Waals surface area contributed by atoms with Crippen LogP contribution in [0.4, 0.5) is 5.00 Å². The fourth-order valence-corrected chi connectivity index (χ4v) is 2.96. The van der Waals surface area contributed by atoms with Crippen molar-refractivity contribution in [1.82, 2.24) is 0 Å². The Morgan fingerprint density at radius 2 is 2.21 bits per heavy atom. The molecule has 1 aromatic heterocycles. The van der Waals surface area contributed by atoms with Gasteiger partial charge in [0.2, 0.25) is 5.91 Å². The minimum atomic E-state index is -0.319. The topological polar surface area (TPSA) is 55.4 Å². The van der Waals surface area contributed by atoms with Crippen molar-refractivity contribution < 1.29 is 14.3 Å². The summed E-state index contributed by atoms with van der Waals surface area (Å²) in [5.74, 6) is 0.305. The number of thiophene rings is 1. The van der Waals surface area contributed by atoms with E-state index >= 15 is 0 Å². The minimum Gasteiger partial charge on any atom is -0.462 e. The lowest BCUT2D eigenvalue weighted by Gasteiger charge is -2.08. The number of anilines is 1. The van der Waals surface area contributed by atoms with Gasteiger partial charge < -0.3 is 10.1 Å². The number of ether oxygens (including phenoxy) is 1. The second-order valence-electron chi connectivity index (χ2n) is 4.96. The summed E-state index contributed by atoms with van der Waals surface area (Å²) in [7, 11) is 0. The average Bonchev–Trinajstić information content (AvgIpc) is 3.13. The number of amides is 1. The van der Waals surface area contributed by atoms with E-state index in [4.69, 9.17) is 4.74 Å². The molecule has 1 aliphatic rings. The van der Waals surface area contributed by atoms with Gasteiger partial charge in [-0.2, -0.15) is 0 Å². The van der Waals surface area contributed by atoms with Crippen LogP contribution < -0.4 is 5.32 Å². The van der Waals surface area contributed by atoms with Crippen LogP contribution in [0, 0.1) is 18.8 Å². The molecule has 1 amide bonds. The van der Waals surface area contributed by atoms with Crippen LogP contribution in [0.3, 0.4) is 0 Å². The van der Waals surface area contributed by atoms with Crippen molar-refractivity contribution in [2.45, 2.75) is 33.6 Å². The summed E-state index contributed by atoms with van der Waals surface area (Å²) in [5.41, 5.74) is 0.845. The lowest BCUT2D eigenvalue weighted by atomic mass is 10.1. The van der Waals surface area contributed by atoms with E-state index in [1.165, 1.54) is 11.3 Å². The van der Waals surface area contributed by atoms with Crippen LogP contribution in [0.15, 0.2) is 6.07 Å². The normalized spacial score (nSPS) is 15.9. The summed E-state index contributed by atoms with van der Waals surface area (Å²) < 4.78 is 4.98. The van der Waals surface area contributed by atoms with Gasteiger partial charge in [0.05, 0.1) is 11.6 Å². The van der Waals surface area contributed by atoms with Crippen LogP contribution in [0.5, 0.6) is 0 Å². The van der Waals surface area contributed by atoms with E-state index in [0.717, 1.165) is 23.4 Å². The Labute approximate surface area is 117 Å². The van der Waals surface area contributed by atoms with Crippen molar-refractivity contribution in [3.63, 3.8) is 0 Å². The second kappa shape index (κ2) is 5.74. The van der Waals surface area contributed by atoms with E-state index in [-0.39, 0.29) is 17.8 Å². The van der Waals surface area contributed by atoms with Crippen molar-refractivity contribution in [3.8, 4) is 0 Å². The monoisotopic (exact) mass is 281 g/mol. The Bertz CT molecular complexity index is 491. The van der Waals surface area contributed by atoms with Crippen LogP contribution in [-0.2, 0) is 9.53 Å². The van der Waals surface area contributed by atoms with Gasteiger partial charge in [0.1, 0.15) is 4.88 Å². The summed E-state index contributed by atoms with van der Waals surface area (Å²) in [4.78, 5) is 24.2. The zero-order valence-electron chi connectivity index (χ0n) is 11.5. The molecule has 4 nitrogen and oxygen atoms in total. The van der Waals surface area contributed by atoms with E-state index in [0.29, 0.717) is 17.4 Å². The Morgan fingerprint density at radius 3 is 2.79 bits per heavy atom. The zero-order chi connectivity index (χ0) is 14.0. The van der Waals surface area contributed by atoms with Crippen molar-refractivity contribution in [2.75, 3.05) is 11.9 Å². The van der Waals surface area contributed by atoms with Gasteiger partial charge in [0.15, 0.2) is 0 Å². The molecule has 0 aromatic carbocycles. The predicted molar refractivity (Wildman–Crippen MR) is 75.5 cm³/mol. The first-order chi connectivity index (χ1) is 9.02. The maximum atomic E-state index is 12.0. The van der Waals surface area contributed by atoms with Gasteiger partial charge in [-0.3, -0.25) is 4.79 Å². The van der Waals surface area contributed by atoms with Gasteiger partial charge >= 0.3 is 5.97 Å². The molecule has 1 aliphatic carbocycles. The highest BCUT2D eigenvalue weighted by Crippen LogP contribution is 2.37. The number of nitrogens with one attached hydrogen (secondary N) is 1. The summed E-state index contributed by atoms with van der Waals surface area (Å²) in [5, 5.41) is 3.61. The van der Waals surface area contributed by atoms with Crippen molar-refractivity contribution in [2.24, 2.45) is 11.8 Å². The molecular weight excluding hydrogens is 262 g/mol. The molecule has 1 atom stereocenters. The smallest absolute Gasteiger partial charge is 0.348 e. The van der Waals surface area contributed by atoms with Crippen LogP contribution in [0.2, 0.25) is 0 Å². The predicted octanol–water partition coefficient (Wildman–Crippen LogP) is 3.22. The number of hydrogen-bond acceptors (Lipinski definition) is 4. The van der Waals surface area contributed by atoms with Crippen LogP contribution in [0.1, 0.15) is 41.9 Å². The Hall–Kier alpha value is -1.36. The number of esters is 1. The number of hydrogen-bond donors (Lipinski definition) is 1. The van der Waals surface area contributed by atoms with Gasteiger partial charge in [0, 0.05) is 5.92 Å². The Kier molecular flexibility index (Phi) is 4.24. The van der Waals surface area contributed by atoms with Gasteiger partial charge in [-0.25, -0.2) is 4.79 Å². The summed E-state index contributed by atoms with van der Waals surface area (Å²) >= 11 is 1.28. The highest BCUT2D eigenvalue weighted by atomic mass is 32.1. The lowest BCUT2D eigenvalue weighted by Crippen LogP contribution is -2.21. The molecule has 104 valence electrons. The van der Waals surface area contributed by atoms with Gasteiger partial charge in [0.25, 0.3) is 0 Å². The third kappa shape index (κ3) is 3.35. The number of aryl methyl sites for hydroxylation is 1. The van der Waals surface area contributed by atoms with Crippen LogP contribution in [-0.4, -0.2) is 18.5 Å². The number of carbonyl (C=O) groups is 2. The molecule has 1 unspecified atom stereocenters. The van der Waals surface area contributed by atoms with Crippen molar-refractivity contribution >= 4 is 28.2 Å². The van der Waals surface area contributed by atoms with E-state index in [1.807, 2.05) is 19.9 Å². The first-order valence-corrected chi connectivity index (χ1v) is 7.43. The molecule has 0 spiro atoms. The maximum Gasteiger partial charge on any atom is 0.348 e. The van der Waals surface area contributed by atoms with Crippen molar-refractivity contribution in [3.05, 3.63) is 16.5 Å². The molecule has 1 saturated carbocycles. The van der Waals surface area contributed by atoms with Crippen LogP contribution >= 0.6 is 11.3 Å². The summed E-state index contributed by atoms with van der Waals surface area (Å²) in [6.45, 7) is 5.94. The van der Waals surface area contributed by atoms with E-state index < -0.39 is 0 Å². The third-order valence-corrected chi connectivity index (χ3v) is 4.50. The van der Waals surface area contributed by atoms with E-state index in [9.17, 15) is 9.59 Å². The molecule has 5 heteroatoms. The first-order valence-electron chi connectivity index (χ1n) is 6.61. The van der Waals surface area contributed by atoms with Crippen LogP contribution in [0.25, 0.3) is 0 Å². The SMILES string of the molecule is CCOC(=O)c1sc(NC(=O)C(C)C2CC2)cc1C. The molecule has 1 N–H and O–H groups in total. The highest BCUT2D eigenvalue weighted by molar-refractivity contribution is 7.18. The van der Waals surface area contributed by atoms with E-state index in [1.54, 1.807) is 6.92 Å². The molecule has 0 saturated heterocycles. The number of carbonyl (C=O) groups excluding carboxylic acids is 2. The van der Waals surface area contributed by atoms with Gasteiger partial charge in [-0.15, -0.1) is 11.3 Å². The molecular formula is C14H19NO3S. The first kappa shape index (κ1) is 14.1. The average molecular weight is 281 g/mol. The minimum absolute atomic E-state index is 0.0409. The summed E-state index contributed by atoms with van der Waals surface area (Å²) in [6.07, 6.45) is 2.29. The van der Waals surface area contributed by atoms with E-state index in [2.05, 4.69) is 5.32 Å². The number of rotatable bonds is 5. The lowest BCUT2D eigenvalue weighted by molar-refractivity contribution is -0.119. The third-order valence-electron chi connectivity index (χ3n) is 3.37. The van der Waals surface area contributed by atoms with Gasteiger partial charge in [-0.1, -0.05) is 6.92 Å². The Balaban J connectivity index is 2.03. The molecule has 1 aromatic rings. The quantitative estimate of drug-likeness (QED) is 0.843. The molecule has 2 rings (SSSR count). The second-order valence-corrected chi connectivity index (χ2v) is 6.01. The molecule has 0 aliphatic heterocycles. The van der Waals surface area contributed by atoms with Crippen molar-refractivity contribution in [1.29, 1.82) is 0 Å². The zero-order valence-corrected chi connectivity index (χ0v) is 12.3. The van der Waals surface area contributed by atoms with Gasteiger partial charge in [-0.05, 0) is 44.2 Å². The largest absolute Gasteiger partial charge is 0.462 e. The molecule has 1 heterocycles. The maximum absolute atomic E-state index is 12.0. The Morgan fingerprint density at radius 1 is 1.53 bits per heavy atom. The molecule has 0 radical (unpaired) electrons. The standard InChI is InChI=1S/C14H19NO3S/c1-4-18-14(17)12-8(2)7-11(19-12)15-13(16)9(3)10-5-6-10/h7,9-10H,4-6H2,1-3H3,(H,15,16). The molecule has 0 bridgehead atoms. The molecule has 19 heavy (non-hydrogen) atoms. The fourth-order valence-electron chi connectivity index (χ4n) is 1.99.